The quantitative estimate of drug-likeness (QED) is 0.748. The summed E-state index contributed by atoms with van der Waals surface area (Å²) in [6.45, 7) is 0.334. The van der Waals surface area contributed by atoms with E-state index < -0.39 is 10.0 Å². The van der Waals surface area contributed by atoms with Crippen molar-refractivity contribution in [3.63, 3.8) is 0 Å². The molecule has 0 unspecified atom stereocenters. The molecule has 1 aromatic rings. The van der Waals surface area contributed by atoms with Crippen molar-refractivity contribution in [3.05, 3.63) is 12.2 Å². The molecule has 80 valence electrons. The second-order valence-corrected chi connectivity index (χ2v) is 5.84. The first kappa shape index (κ1) is 11.6. The minimum absolute atomic E-state index is 0.0845. The van der Waals surface area contributed by atoms with Crippen molar-refractivity contribution in [2.24, 2.45) is 7.05 Å². The van der Waals surface area contributed by atoms with Crippen LogP contribution in [0.3, 0.4) is 0 Å². The summed E-state index contributed by atoms with van der Waals surface area (Å²) in [5.41, 5.74) is 0. The van der Waals surface area contributed by atoms with Gasteiger partial charge >= 0.3 is 0 Å². The zero-order chi connectivity index (χ0) is 10.6. The van der Waals surface area contributed by atoms with Gasteiger partial charge < -0.3 is 4.57 Å². The third kappa shape index (κ3) is 3.35. The Balaban J connectivity index is 2.40. The number of hydrogen-bond acceptors (Lipinski definition) is 4. The molecule has 1 aromatic heterocycles. The molecule has 0 saturated carbocycles. The average molecular weight is 283 g/mol. The van der Waals surface area contributed by atoms with Crippen molar-refractivity contribution in [1.82, 2.24) is 19.5 Å². The predicted molar refractivity (Wildman–Crippen MR) is 55.4 cm³/mol. The summed E-state index contributed by atoms with van der Waals surface area (Å²) < 4.78 is 26.1. The van der Waals surface area contributed by atoms with E-state index in [1.165, 1.54) is 0 Å². The third-order valence-electron chi connectivity index (χ3n) is 1.62. The van der Waals surface area contributed by atoms with Crippen molar-refractivity contribution in [2.45, 2.75) is 6.42 Å². The second-order valence-electron chi connectivity index (χ2n) is 2.73. The van der Waals surface area contributed by atoms with Crippen molar-refractivity contribution in [1.29, 1.82) is 0 Å². The Morgan fingerprint density at radius 3 is 2.86 bits per heavy atom. The first-order valence-corrected chi connectivity index (χ1v) is 6.69. The summed E-state index contributed by atoms with van der Waals surface area (Å²) in [4.78, 5) is 0. The van der Waals surface area contributed by atoms with E-state index in [4.69, 9.17) is 0 Å². The van der Waals surface area contributed by atoms with Gasteiger partial charge in [0.2, 0.25) is 10.0 Å². The van der Waals surface area contributed by atoms with E-state index in [0.29, 0.717) is 13.0 Å². The van der Waals surface area contributed by atoms with Gasteiger partial charge in [-0.1, -0.05) is 15.9 Å². The van der Waals surface area contributed by atoms with Gasteiger partial charge in [-0.3, -0.25) is 0 Å². The average Bonchev–Trinajstić information content (AvgIpc) is 2.52. The number of nitrogens with zero attached hydrogens (tertiary/aromatic N) is 3. The molecule has 0 aliphatic carbocycles. The lowest BCUT2D eigenvalue weighted by molar-refractivity contribution is 0.585. The van der Waals surface area contributed by atoms with Crippen LogP contribution in [0.25, 0.3) is 0 Å². The minimum atomic E-state index is -3.18. The van der Waals surface area contributed by atoms with Gasteiger partial charge in [-0.15, -0.1) is 10.2 Å². The van der Waals surface area contributed by atoms with Gasteiger partial charge in [0.25, 0.3) is 0 Å². The monoisotopic (exact) mass is 282 g/mol. The van der Waals surface area contributed by atoms with Crippen LogP contribution in [-0.2, 0) is 23.5 Å². The maximum absolute atomic E-state index is 11.0. The highest BCUT2D eigenvalue weighted by atomic mass is 79.9. The molecule has 0 saturated heterocycles. The van der Waals surface area contributed by atoms with Crippen LogP contribution in [0.4, 0.5) is 0 Å². The van der Waals surface area contributed by atoms with Crippen LogP contribution >= 0.6 is 15.9 Å². The molecule has 0 radical (unpaired) electrons. The number of nitrogens with one attached hydrogen (secondary N) is 1. The zero-order valence-corrected chi connectivity index (χ0v) is 10.0. The Bertz CT molecular complexity index is 388. The molecule has 6 nitrogen and oxygen atoms in total. The molecule has 1 N–H and O–H groups in total. The van der Waals surface area contributed by atoms with Crippen LogP contribution in [0, 0.1) is 0 Å². The van der Waals surface area contributed by atoms with Crippen molar-refractivity contribution < 1.29 is 8.42 Å². The van der Waals surface area contributed by atoms with E-state index in [-0.39, 0.29) is 4.66 Å². The number of rotatable bonds is 5. The number of alkyl halides is 1. The minimum Gasteiger partial charge on any atom is -0.321 e. The van der Waals surface area contributed by atoms with Crippen LogP contribution < -0.4 is 4.72 Å². The lowest BCUT2D eigenvalue weighted by atomic mass is 10.4. The molecule has 0 atom stereocenters. The van der Waals surface area contributed by atoms with E-state index in [1.807, 2.05) is 7.05 Å². The Kier molecular flexibility index (Phi) is 4.02. The SMILES string of the molecule is Cn1cnnc1CCNS(=O)(=O)CBr. The Hall–Kier alpha value is -0.470. The topological polar surface area (TPSA) is 76.9 Å². The second kappa shape index (κ2) is 4.85. The summed E-state index contributed by atoms with van der Waals surface area (Å²) in [5, 5.41) is 7.51. The van der Waals surface area contributed by atoms with E-state index in [0.717, 1.165) is 5.82 Å². The van der Waals surface area contributed by atoms with Crippen molar-refractivity contribution >= 4 is 26.0 Å². The molecule has 0 fully saturated rings. The molecular weight excluding hydrogens is 272 g/mol. The van der Waals surface area contributed by atoms with E-state index in [9.17, 15) is 8.42 Å². The standard InChI is InChI=1S/C6H11BrN4O2S/c1-11-5-8-10-6(11)2-3-9-14(12,13)4-7/h5,9H,2-4H2,1H3. The fraction of sp³-hybridized carbons (Fsp3) is 0.667. The zero-order valence-electron chi connectivity index (χ0n) is 7.64. The molecule has 0 spiro atoms. The summed E-state index contributed by atoms with van der Waals surface area (Å²) in [7, 11) is -1.36. The van der Waals surface area contributed by atoms with Gasteiger partial charge in [-0.2, -0.15) is 0 Å². The molecule has 0 bridgehead atoms. The van der Waals surface area contributed by atoms with Crippen LogP contribution in [0.15, 0.2) is 6.33 Å². The molecule has 0 aromatic carbocycles. The fourth-order valence-corrected chi connectivity index (χ4v) is 1.87. The molecule has 0 amide bonds. The van der Waals surface area contributed by atoms with Gasteiger partial charge in [0.05, 0.1) is 0 Å². The molecular formula is C6H11BrN4O2S. The van der Waals surface area contributed by atoms with Crippen LogP contribution in [-0.4, -0.2) is 34.4 Å². The van der Waals surface area contributed by atoms with Crippen LogP contribution in [0.5, 0.6) is 0 Å². The molecule has 0 aliphatic rings. The Morgan fingerprint density at radius 1 is 1.64 bits per heavy atom. The van der Waals surface area contributed by atoms with Gasteiger partial charge in [-0.25, -0.2) is 13.1 Å². The lowest BCUT2D eigenvalue weighted by Crippen LogP contribution is -2.27. The molecule has 8 heteroatoms. The van der Waals surface area contributed by atoms with Crippen LogP contribution in [0.1, 0.15) is 5.82 Å². The number of sulfonamides is 1. The summed E-state index contributed by atoms with van der Waals surface area (Å²) >= 11 is 2.88. The fourth-order valence-electron chi connectivity index (χ4n) is 0.890. The maximum Gasteiger partial charge on any atom is 0.221 e. The maximum atomic E-state index is 11.0. The predicted octanol–water partition coefficient (Wildman–Crippen LogP) is -0.371. The van der Waals surface area contributed by atoms with Gasteiger partial charge in [0.1, 0.15) is 16.8 Å². The van der Waals surface area contributed by atoms with Gasteiger partial charge in [0, 0.05) is 20.0 Å². The largest absolute Gasteiger partial charge is 0.321 e. The smallest absolute Gasteiger partial charge is 0.221 e. The normalized spacial score (nSPS) is 11.9. The lowest BCUT2D eigenvalue weighted by Gasteiger charge is -2.02. The summed E-state index contributed by atoms with van der Waals surface area (Å²) in [6, 6.07) is 0. The number of hydrogen-bond donors (Lipinski definition) is 1. The highest BCUT2D eigenvalue weighted by molar-refractivity contribution is 9.10. The van der Waals surface area contributed by atoms with E-state index >= 15 is 0 Å². The summed E-state index contributed by atoms with van der Waals surface area (Å²) in [6.07, 6.45) is 2.11. The van der Waals surface area contributed by atoms with E-state index in [1.54, 1.807) is 10.9 Å². The number of halogens is 1. The third-order valence-corrected chi connectivity index (χ3v) is 4.36. The van der Waals surface area contributed by atoms with Crippen LogP contribution in [0.2, 0.25) is 0 Å². The molecule has 0 aliphatic heterocycles. The molecule has 1 rings (SSSR count). The number of aromatic nitrogens is 3. The highest BCUT2D eigenvalue weighted by Gasteiger charge is 2.07. The van der Waals surface area contributed by atoms with Gasteiger partial charge in [0.15, 0.2) is 0 Å². The Morgan fingerprint density at radius 2 is 2.36 bits per heavy atom. The highest BCUT2D eigenvalue weighted by Crippen LogP contribution is 1.94. The first-order chi connectivity index (χ1) is 6.55. The van der Waals surface area contributed by atoms with Crippen molar-refractivity contribution in [3.8, 4) is 0 Å². The number of aryl methyl sites for hydroxylation is 1. The van der Waals surface area contributed by atoms with E-state index in [2.05, 4.69) is 30.8 Å². The molecule has 1 heterocycles. The van der Waals surface area contributed by atoms with Crippen molar-refractivity contribution in [2.75, 3.05) is 11.2 Å². The molecule has 14 heavy (non-hydrogen) atoms. The Labute approximate surface area is 90.9 Å². The summed E-state index contributed by atoms with van der Waals surface area (Å²) in [5.74, 6) is 0.752. The van der Waals surface area contributed by atoms with Gasteiger partial charge in [-0.05, 0) is 0 Å². The first-order valence-electron chi connectivity index (χ1n) is 3.91.